The molecule has 0 saturated heterocycles. The Balaban J connectivity index is -0.000000500. The number of halogens is 11. The molecule has 0 aliphatic heterocycles. The van der Waals surface area contributed by atoms with Crippen LogP contribution in [0, 0.1) is 0 Å². The molecule has 0 aromatic rings. The van der Waals surface area contributed by atoms with Crippen molar-refractivity contribution in [3.63, 3.8) is 0 Å². The van der Waals surface area contributed by atoms with Crippen LogP contribution in [0.1, 0.15) is 14.9 Å². The number of hydrogen-bond donors (Lipinski definition) is 0. The predicted octanol–water partition coefficient (Wildman–Crippen LogP) is 7.13. The van der Waals surface area contributed by atoms with Gasteiger partial charge in [-0.15, -0.1) is 0 Å². The van der Waals surface area contributed by atoms with Gasteiger partial charge in [-0.25, -0.2) is 0 Å². The summed E-state index contributed by atoms with van der Waals surface area (Å²) in [6.07, 6.45) is 0. The first kappa shape index (κ1) is 26.0. The minimum absolute atomic E-state index is 0. The van der Waals surface area contributed by atoms with Gasteiger partial charge in [0.25, 0.3) is 0 Å². The van der Waals surface area contributed by atoms with Crippen molar-refractivity contribution >= 4 is 143 Å². The summed E-state index contributed by atoms with van der Waals surface area (Å²) in [5.74, 6) is 0. The maximum atomic E-state index is 2.94. The first-order valence-electron chi connectivity index (χ1n) is 1.43. The van der Waals surface area contributed by atoms with Crippen LogP contribution in [0.25, 0.3) is 0 Å². The first-order valence-corrected chi connectivity index (χ1v) is 64.3. The second-order valence-electron chi connectivity index (χ2n) is 0.702. The molecule has 0 unspecified atom stereocenters. The third kappa shape index (κ3) is 13.4. The van der Waals surface area contributed by atoms with E-state index in [4.69, 9.17) is 0 Å². The Bertz CT molecular complexity index is 102. The zero-order valence-corrected chi connectivity index (χ0v) is 27.9. The Morgan fingerprint density at radius 3 is 1.38 bits per heavy atom. The molecule has 0 aromatic heterocycles. The first-order chi connectivity index (χ1) is 5.00. The predicted molar refractivity (Wildman–Crippen MR) is 154 cm³/mol. The molecule has 94 valence electrons. The molecule has 0 bridgehead atoms. The summed E-state index contributed by atoms with van der Waals surface area (Å²) in [5, 5.41) is 0. The van der Waals surface area contributed by atoms with Crippen LogP contribution >= 0.6 is 143 Å². The molecule has 11 heteroatoms. The van der Waals surface area contributed by atoms with E-state index in [0.717, 1.165) is 0 Å². The van der Waals surface area contributed by atoms with Crippen LogP contribution in [0.3, 0.4) is 0 Å². The van der Waals surface area contributed by atoms with Crippen LogP contribution in [0.5, 0.6) is 0 Å². The molecule has 0 heterocycles. The summed E-state index contributed by atoms with van der Waals surface area (Å²) in [4.78, 5) is 0. The molecule has 0 atom stereocenters. The van der Waals surface area contributed by atoms with E-state index in [0.29, 0.717) is 13.3 Å². The van der Waals surface area contributed by atoms with E-state index in [9.17, 15) is 0 Å². The summed E-state index contributed by atoms with van der Waals surface area (Å²) in [7, 11) is -1.16. The molecule has 0 nitrogen and oxygen atoms in total. The Kier molecular flexibility index (Phi) is 32.7. The van der Waals surface area contributed by atoms with Crippen molar-refractivity contribution < 1.29 is 13.3 Å². The van der Waals surface area contributed by atoms with Crippen LogP contribution in [0.2, 0.25) is 0 Å². The van der Waals surface area contributed by atoms with Crippen molar-refractivity contribution in [1.82, 2.24) is 0 Å². The zero-order valence-electron chi connectivity index (χ0n) is 4.16. The van der Waals surface area contributed by atoms with Crippen molar-refractivity contribution in [1.29, 1.82) is 0 Å². The topological polar surface area (TPSA) is 0 Å². The van der Waals surface area contributed by atoms with Gasteiger partial charge in [0.2, 0.25) is 0 Å². The monoisotopic (exact) mass is 1430 g/mol. The van der Waals surface area contributed by atoms with Gasteiger partial charge >= 0.3 is 157 Å². The standard InChI is InChI=1S/2CH4.I11/c;;1-7-9(4)11(6)10(5)8(2)3/h2*1H4;/q;;-1. The molecular weight excluding hydrogens is 1420 g/mol. The second kappa shape index (κ2) is 16.4. The van der Waals surface area contributed by atoms with Crippen LogP contribution < -0.4 is 13.3 Å². The molecule has 0 radical (unpaired) electrons. The average molecular weight is 1430 g/mol. The quantitative estimate of drug-likeness (QED) is 0.263. The fourth-order valence-electron chi connectivity index (χ4n) is 0.0771. The van der Waals surface area contributed by atoms with Gasteiger partial charge in [0.1, 0.15) is 0 Å². The minimum atomic E-state index is -0.355. The van der Waals surface area contributed by atoms with Crippen molar-refractivity contribution in [3.8, 4) is 0 Å². The van der Waals surface area contributed by atoms with E-state index in [1.54, 1.807) is 0 Å². The molecule has 0 saturated carbocycles. The Hall–Kier alpha value is 8.03. The SMILES string of the molecule is C.C.I[I-]I(I)I(I)I(I)I(I)I. The molecular formula is C2H8I11-. The van der Waals surface area contributed by atoms with Gasteiger partial charge in [-0.1, -0.05) is 14.9 Å². The van der Waals surface area contributed by atoms with Crippen molar-refractivity contribution in [3.05, 3.63) is 0 Å². The molecule has 0 spiro atoms. The molecule has 0 rings (SSSR count). The maximum absolute atomic E-state index is 2.94. The van der Waals surface area contributed by atoms with Gasteiger partial charge in [-0.05, 0) is 0 Å². The summed E-state index contributed by atoms with van der Waals surface area (Å²) < 4.78 is 0. The van der Waals surface area contributed by atoms with Gasteiger partial charge in [0.05, 0.1) is 0 Å². The molecule has 13 heavy (non-hydrogen) atoms. The van der Waals surface area contributed by atoms with Crippen LogP contribution in [0.15, 0.2) is 0 Å². The second-order valence-corrected chi connectivity index (χ2v) is 212. The normalized spacial score (nSPS) is 13.7. The van der Waals surface area contributed by atoms with E-state index in [-0.39, 0.29) is 46.4 Å². The molecule has 0 amide bonds. The summed E-state index contributed by atoms with van der Waals surface area (Å²) in [5.41, 5.74) is 0. The average Bonchev–Trinajstić information content (AvgIpc) is 2.00. The fraction of sp³-hybridized carbons (Fsp3) is 1.00. The number of hydrogen-bond acceptors (Lipinski definition) is 0. The van der Waals surface area contributed by atoms with E-state index in [1.165, 1.54) is 0 Å². The van der Waals surface area contributed by atoms with Crippen molar-refractivity contribution in [2.45, 2.75) is 14.9 Å². The third-order valence-electron chi connectivity index (χ3n) is 0.286. The molecule has 0 N–H and O–H groups in total. The molecule has 0 aromatic carbocycles. The summed E-state index contributed by atoms with van der Waals surface area (Å²) >= 11 is 17.8. The molecule has 0 fully saturated rings. The zero-order chi connectivity index (χ0) is 9.02. The molecule has 0 aliphatic carbocycles. The van der Waals surface area contributed by atoms with E-state index < -0.39 is 0 Å². The van der Waals surface area contributed by atoms with Crippen LogP contribution in [0.4, 0.5) is 0 Å². The summed E-state index contributed by atoms with van der Waals surface area (Å²) in [6, 6.07) is 0. The Morgan fingerprint density at radius 1 is 0.769 bits per heavy atom. The van der Waals surface area contributed by atoms with Gasteiger partial charge in [-0.2, -0.15) is 0 Å². The summed E-state index contributed by atoms with van der Waals surface area (Å²) in [6.45, 7) is 0. The van der Waals surface area contributed by atoms with Gasteiger partial charge in [-0.3, -0.25) is 0 Å². The van der Waals surface area contributed by atoms with Gasteiger partial charge in [0, 0.05) is 0 Å². The van der Waals surface area contributed by atoms with E-state index >= 15 is 0 Å². The van der Waals surface area contributed by atoms with E-state index in [1.807, 2.05) is 0 Å². The Morgan fingerprint density at radius 2 is 1.15 bits per heavy atom. The Labute approximate surface area is 163 Å². The molecule has 0 aliphatic rings. The van der Waals surface area contributed by atoms with Gasteiger partial charge < -0.3 is 0 Å². The van der Waals surface area contributed by atoms with Crippen LogP contribution in [-0.2, 0) is 0 Å². The van der Waals surface area contributed by atoms with Crippen molar-refractivity contribution in [2.24, 2.45) is 0 Å². The van der Waals surface area contributed by atoms with Crippen LogP contribution in [-0.4, -0.2) is 0 Å². The van der Waals surface area contributed by atoms with Gasteiger partial charge in [0.15, 0.2) is 0 Å². The van der Waals surface area contributed by atoms with Crippen molar-refractivity contribution in [2.75, 3.05) is 0 Å². The third-order valence-corrected chi connectivity index (χ3v) is 579. The number of rotatable bonds is 4. The fourth-order valence-corrected chi connectivity index (χ4v) is 1050. The van der Waals surface area contributed by atoms with E-state index in [2.05, 4.69) is 112 Å².